The van der Waals surface area contributed by atoms with Crippen LogP contribution in [0.5, 0.6) is 0 Å². The van der Waals surface area contributed by atoms with Gasteiger partial charge in [0.1, 0.15) is 5.82 Å². The van der Waals surface area contributed by atoms with Crippen molar-refractivity contribution in [3.05, 3.63) is 29.6 Å². The summed E-state index contributed by atoms with van der Waals surface area (Å²) in [6.45, 7) is 2.81. The van der Waals surface area contributed by atoms with Gasteiger partial charge >= 0.3 is 0 Å². The van der Waals surface area contributed by atoms with E-state index >= 15 is 0 Å². The molecule has 0 saturated heterocycles. The van der Waals surface area contributed by atoms with Crippen LogP contribution in [0.4, 0.5) is 10.1 Å². The van der Waals surface area contributed by atoms with Gasteiger partial charge in [0, 0.05) is 6.54 Å². The molecule has 0 aliphatic heterocycles. The summed E-state index contributed by atoms with van der Waals surface area (Å²) in [6.07, 6.45) is 8.05. The molecule has 1 fully saturated rings. The van der Waals surface area contributed by atoms with Crippen LogP contribution in [0.25, 0.3) is 0 Å². The molecule has 1 nitrogen and oxygen atoms in total. The molecule has 0 heterocycles. The van der Waals surface area contributed by atoms with E-state index in [1.807, 2.05) is 19.1 Å². The lowest BCUT2D eigenvalue weighted by Gasteiger charge is -2.21. The van der Waals surface area contributed by atoms with Crippen LogP contribution in [-0.2, 0) is 0 Å². The van der Waals surface area contributed by atoms with Crippen LogP contribution >= 0.6 is 0 Å². The predicted molar refractivity (Wildman–Crippen MR) is 70.8 cm³/mol. The Kier molecular flexibility index (Phi) is 4.41. The van der Waals surface area contributed by atoms with Crippen molar-refractivity contribution >= 4 is 5.69 Å². The smallest absolute Gasteiger partial charge is 0.146 e. The van der Waals surface area contributed by atoms with Crippen molar-refractivity contribution in [2.24, 2.45) is 5.92 Å². The van der Waals surface area contributed by atoms with Crippen LogP contribution in [0.1, 0.15) is 44.1 Å². The average molecular weight is 235 g/mol. The van der Waals surface area contributed by atoms with Gasteiger partial charge in [0.2, 0.25) is 0 Å². The Balaban J connectivity index is 1.77. The van der Waals surface area contributed by atoms with Gasteiger partial charge in [-0.05, 0) is 37.0 Å². The summed E-state index contributed by atoms with van der Waals surface area (Å²) in [5, 5.41) is 3.21. The van der Waals surface area contributed by atoms with Crippen molar-refractivity contribution in [1.82, 2.24) is 0 Å². The number of benzene rings is 1. The summed E-state index contributed by atoms with van der Waals surface area (Å²) < 4.78 is 13.6. The molecule has 1 aromatic carbocycles. The minimum atomic E-state index is -0.131. The third kappa shape index (κ3) is 3.72. The molecule has 0 amide bonds. The van der Waals surface area contributed by atoms with Gasteiger partial charge in [0.05, 0.1) is 5.69 Å². The van der Waals surface area contributed by atoms with E-state index in [1.54, 1.807) is 6.07 Å². The largest absolute Gasteiger partial charge is 0.383 e. The maximum absolute atomic E-state index is 13.6. The van der Waals surface area contributed by atoms with E-state index in [-0.39, 0.29) is 5.82 Å². The second-order valence-electron chi connectivity index (χ2n) is 5.20. The van der Waals surface area contributed by atoms with Crippen LogP contribution in [0.15, 0.2) is 18.2 Å². The molecular weight excluding hydrogens is 213 g/mol. The molecule has 1 N–H and O–H groups in total. The molecule has 0 unspecified atom stereocenters. The zero-order valence-corrected chi connectivity index (χ0v) is 10.6. The van der Waals surface area contributed by atoms with E-state index in [1.165, 1.54) is 38.5 Å². The van der Waals surface area contributed by atoms with Gasteiger partial charge in [0.15, 0.2) is 0 Å². The number of nitrogens with one attached hydrogen (secondary N) is 1. The monoisotopic (exact) mass is 235 g/mol. The maximum Gasteiger partial charge on any atom is 0.146 e. The third-order valence-corrected chi connectivity index (χ3v) is 3.72. The molecule has 1 aliphatic rings. The highest BCUT2D eigenvalue weighted by Gasteiger charge is 2.12. The van der Waals surface area contributed by atoms with E-state index in [0.29, 0.717) is 5.69 Å². The van der Waals surface area contributed by atoms with Crippen LogP contribution in [0.3, 0.4) is 0 Å². The first-order valence-corrected chi connectivity index (χ1v) is 6.76. The Morgan fingerprint density at radius 1 is 1.24 bits per heavy atom. The summed E-state index contributed by atoms with van der Waals surface area (Å²) in [5.74, 6) is 0.721. The fourth-order valence-corrected chi connectivity index (χ4v) is 2.65. The Hall–Kier alpha value is -1.05. The van der Waals surface area contributed by atoms with Crippen LogP contribution in [0, 0.1) is 18.7 Å². The molecule has 1 aliphatic carbocycles. The first-order valence-electron chi connectivity index (χ1n) is 6.76. The number of anilines is 1. The highest BCUT2D eigenvalue weighted by molar-refractivity contribution is 5.45. The Labute approximate surface area is 103 Å². The maximum atomic E-state index is 13.6. The fourth-order valence-electron chi connectivity index (χ4n) is 2.65. The predicted octanol–water partition coefficient (Wildman–Crippen LogP) is 4.52. The highest BCUT2D eigenvalue weighted by atomic mass is 19.1. The molecule has 17 heavy (non-hydrogen) atoms. The standard InChI is InChI=1S/C15H22FN/c1-12-7-8-15(14(16)11-12)17-10-9-13-5-3-2-4-6-13/h7-8,11,13,17H,2-6,9-10H2,1H3. The summed E-state index contributed by atoms with van der Waals surface area (Å²) in [4.78, 5) is 0. The van der Waals surface area contributed by atoms with Gasteiger partial charge in [-0.1, -0.05) is 38.2 Å². The Morgan fingerprint density at radius 3 is 2.71 bits per heavy atom. The Morgan fingerprint density at radius 2 is 2.00 bits per heavy atom. The van der Waals surface area contributed by atoms with Crippen molar-refractivity contribution < 1.29 is 4.39 Å². The number of halogens is 1. The Bertz CT molecular complexity index is 356. The van der Waals surface area contributed by atoms with Crippen LogP contribution in [-0.4, -0.2) is 6.54 Å². The zero-order chi connectivity index (χ0) is 12.1. The van der Waals surface area contributed by atoms with Gasteiger partial charge in [-0.3, -0.25) is 0 Å². The lowest BCUT2D eigenvalue weighted by molar-refractivity contribution is 0.345. The van der Waals surface area contributed by atoms with E-state index in [9.17, 15) is 4.39 Å². The molecule has 0 bridgehead atoms. The summed E-state index contributed by atoms with van der Waals surface area (Å²) >= 11 is 0. The third-order valence-electron chi connectivity index (χ3n) is 3.72. The quantitative estimate of drug-likeness (QED) is 0.809. The fraction of sp³-hybridized carbons (Fsp3) is 0.600. The molecule has 0 atom stereocenters. The van der Waals surface area contributed by atoms with Gasteiger partial charge in [-0.2, -0.15) is 0 Å². The molecule has 0 radical (unpaired) electrons. The molecule has 1 aromatic rings. The lowest BCUT2D eigenvalue weighted by atomic mass is 9.87. The second-order valence-corrected chi connectivity index (χ2v) is 5.20. The minimum Gasteiger partial charge on any atom is -0.383 e. The molecule has 0 aromatic heterocycles. The van der Waals surface area contributed by atoms with Crippen molar-refractivity contribution in [2.45, 2.75) is 45.4 Å². The molecule has 1 saturated carbocycles. The zero-order valence-electron chi connectivity index (χ0n) is 10.6. The van der Waals surface area contributed by atoms with Crippen molar-refractivity contribution in [2.75, 3.05) is 11.9 Å². The highest BCUT2D eigenvalue weighted by Crippen LogP contribution is 2.26. The van der Waals surface area contributed by atoms with Crippen LogP contribution < -0.4 is 5.32 Å². The minimum absolute atomic E-state index is 0.131. The van der Waals surface area contributed by atoms with E-state index in [2.05, 4.69) is 5.32 Å². The van der Waals surface area contributed by atoms with Gasteiger partial charge in [-0.15, -0.1) is 0 Å². The molecular formula is C15H22FN. The molecule has 2 heteroatoms. The van der Waals surface area contributed by atoms with Crippen molar-refractivity contribution in [1.29, 1.82) is 0 Å². The van der Waals surface area contributed by atoms with Gasteiger partial charge in [-0.25, -0.2) is 4.39 Å². The van der Waals surface area contributed by atoms with Gasteiger partial charge in [0.25, 0.3) is 0 Å². The summed E-state index contributed by atoms with van der Waals surface area (Å²) in [5.41, 5.74) is 1.62. The number of aryl methyl sites for hydroxylation is 1. The number of hydrogen-bond acceptors (Lipinski definition) is 1. The first-order chi connectivity index (χ1) is 8.25. The van der Waals surface area contributed by atoms with Crippen molar-refractivity contribution in [3.63, 3.8) is 0 Å². The van der Waals surface area contributed by atoms with Crippen LogP contribution in [0.2, 0.25) is 0 Å². The molecule has 2 rings (SSSR count). The number of hydrogen-bond donors (Lipinski definition) is 1. The normalized spacial score (nSPS) is 17.1. The second kappa shape index (κ2) is 6.04. The van der Waals surface area contributed by atoms with E-state index < -0.39 is 0 Å². The summed E-state index contributed by atoms with van der Waals surface area (Å²) in [6, 6.07) is 5.38. The topological polar surface area (TPSA) is 12.0 Å². The summed E-state index contributed by atoms with van der Waals surface area (Å²) in [7, 11) is 0. The van der Waals surface area contributed by atoms with E-state index in [4.69, 9.17) is 0 Å². The first kappa shape index (κ1) is 12.4. The van der Waals surface area contributed by atoms with Gasteiger partial charge < -0.3 is 5.32 Å². The molecule has 0 spiro atoms. The average Bonchev–Trinajstić information content (AvgIpc) is 2.33. The SMILES string of the molecule is Cc1ccc(NCCC2CCCCC2)c(F)c1. The lowest BCUT2D eigenvalue weighted by Crippen LogP contribution is -2.12. The van der Waals surface area contributed by atoms with Crippen molar-refractivity contribution in [3.8, 4) is 0 Å². The number of rotatable bonds is 4. The molecule has 94 valence electrons. The van der Waals surface area contributed by atoms with E-state index in [0.717, 1.165) is 18.0 Å².